The van der Waals surface area contributed by atoms with E-state index in [9.17, 15) is 27.2 Å². The van der Waals surface area contributed by atoms with Crippen molar-refractivity contribution in [1.82, 2.24) is 9.55 Å². The van der Waals surface area contributed by atoms with E-state index in [1.807, 2.05) is 0 Å². The molecule has 1 amide bonds. The number of hydrogen-bond donors (Lipinski definition) is 1. The van der Waals surface area contributed by atoms with E-state index in [2.05, 4.69) is 10.3 Å². The predicted octanol–water partition coefficient (Wildman–Crippen LogP) is 4.43. The minimum absolute atomic E-state index is 0.219. The van der Waals surface area contributed by atoms with E-state index in [0.29, 0.717) is 17.4 Å². The Balaban J connectivity index is 1.82. The number of thioether (sulfide) groups is 1. The number of carbonyl (C=O) groups is 1. The molecule has 0 fully saturated rings. The van der Waals surface area contributed by atoms with E-state index in [1.54, 1.807) is 37.3 Å². The Kier molecular flexibility index (Phi) is 6.25. The van der Waals surface area contributed by atoms with Gasteiger partial charge in [0.25, 0.3) is 5.56 Å². The van der Waals surface area contributed by atoms with Crippen LogP contribution in [0.15, 0.2) is 64.5 Å². The highest BCUT2D eigenvalue weighted by Crippen LogP contribution is 2.35. The van der Waals surface area contributed by atoms with Crippen LogP contribution in [0.3, 0.4) is 0 Å². The summed E-state index contributed by atoms with van der Waals surface area (Å²) in [4.78, 5) is 29.0. The molecule has 30 heavy (non-hydrogen) atoms. The lowest BCUT2D eigenvalue weighted by atomic mass is 10.1. The van der Waals surface area contributed by atoms with Crippen molar-refractivity contribution >= 4 is 23.4 Å². The van der Waals surface area contributed by atoms with Crippen LogP contribution in [0.5, 0.6) is 0 Å². The van der Waals surface area contributed by atoms with Gasteiger partial charge in [0.05, 0.1) is 22.7 Å². The van der Waals surface area contributed by atoms with Gasteiger partial charge in [-0.05, 0) is 37.3 Å². The second-order valence-corrected chi connectivity index (χ2v) is 7.16. The molecule has 0 atom stereocenters. The summed E-state index contributed by atoms with van der Waals surface area (Å²) in [6.45, 7) is 1.62. The first-order valence-corrected chi connectivity index (χ1v) is 9.59. The molecule has 0 radical (unpaired) electrons. The molecule has 156 valence electrons. The van der Waals surface area contributed by atoms with Crippen LogP contribution >= 0.6 is 11.8 Å². The van der Waals surface area contributed by atoms with Gasteiger partial charge in [0.2, 0.25) is 5.91 Å². The van der Waals surface area contributed by atoms with Gasteiger partial charge in [0, 0.05) is 11.8 Å². The standard InChI is InChI=1S/C20H15F4N3O2S/c1-12-9-18(29)27(14-5-3-2-4-6-14)19(25-12)30-11-17(28)26-16-8-7-13(21)10-15(16)20(22,23)24/h2-10H,11H2,1H3,(H,26,28). The summed E-state index contributed by atoms with van der Waals surface area (Å²) in [6.07, 6.45) is -4.83. The highest BCUT2D eigenvalue weighted by atomic mass is 32.2. The number of anilines is 1. The van der Waals surface area contributed by atoms with E-state index >= 15 is 0 Å². The van der Waals surface area contributed by atoms with Gasteiger partial charge < -0.3 is 5.32 Å². The van der Waals surface area contributed by atoms with Gasteiger partial charge in [-0.3, -0.25) is 14.2 Å². The second kappa shape index (κ2) is 8.70. The molecular formula is C20H15F4N3O2S. The lowest BCUT2D eigenvalue weighted by Crippen LogP contribution is -2.23. The number of alkyl halides is 3. The van der Waals surface area contributed by atoms with Crippen LogP contribution < -0.4 is 10.9 Å². The summed E-state index contributed by atoms with van der Waals surface area (Å²) >= 11 is 0.899. The smallest absolute Gasteiger partial charge is 0.325 e. The van der Waals surface area contributed by atoms with E-state index in [-0.39, 0.29) is 16.5 Å². The van der Waals surface area contributed by atoms with Crippen LogP contribution in [0.1, 0.15) is 11.3 Å². The summed E-state index contributed by atoms with van der Waals surface area (Å²) in [5.74, 6) is -2.13. The van der Waals surface area contributed by atoms with Crippen LogP contribution in [-0.4, -0.2) is 21.2 Å². The Labute approximate surface area is 172 Å². The van der Waals surface area contributed by atoms with Crippen LogP contribution in [0.2, 0.25) is 0 Å². The molecule has 0 saturated carbocycles. The largest absolute Gasteiger partial charge is 0.418 e. The average molecular weight is 437 g/mol. The molecular weight excluding hydrogens is 422 g/mol. The van der Waals surface area contributed by atoms with Crippen molar-refractivity contribution < 1.29 is 22.4 Å². The number of rotatable bonds is 5. The van der Waals surface area contributed by atoms with Gasteiger partial charge in [-0.15, -0.1) is 0 Å². The maximum atomic E-state index is 13.2. The van der Waals surface area contributed by atoms with Crippen LogP contribution in [0.25, 0.3) is 5.69 Å². The molecule has 1 heterocycles. The summed E-state index contributed by atoms with van der Waals surface area (Å²) in [7, 11) is 0. The third-order valence-corrected chi connectivity index (χ3v) is 4.86. The summed E-state index contributed by atoms with van der Waals surface area (Å²) < 4.78 is 53.8. The Bertz CT molecular complexity index is 1130. The topological polar surface area (TPSA) is 64.0 Å². The maximum Gasteiger partial charge on any atom is 0.418 e. The minimum Gasteiger partial charge on any atom is -0.325 e. The zero-order chi connectivity index (χ0) is 21.9. The van der Waals surface area contributed by atoms with E-state index in [0.717, 1.165) is 23.9 Å². The van der Waals surface area contributed by atoms with E-state index in [4.69, 9.17) is 0 Å². The summed E-state index contributed by atoms with van der Waals surface area (Å²) in [5.41, 5.74) is -1.21. The number of nitrogens with one attached hydrogen (secondary N) is 1. The molecule has 0 aliphatic rings. The molecule has 0 unspecified atom stereocenters. The van der Waals surface area contributed by atoms with Gasteiger partial charge in [0.15, 0.2) is 5.16 Å². The number of hydrogen-bond acceptors (Lipinski definition) is 4. The molecule has 3 aromatic rings. The molecule has 0 bridgehead atoms. The van der Waals surface area contributed by atoms with Gasteiger partial charge in [-0.1, -0.05) is 30.0 Å². The fraction of sp³-hybridized carbons (Fsp3) is 0.150. The Morgan fingerprint density at radius 1 is 1.13 bits per heavy atom. The molecule has 0 aliphatic heterocycles. The van der Waals surface area contributed by atoms with Crippen molar-refractivity contribution in [2.45, 2.75) is 18.3 Å². The minimum atomic E-state index is -4.83. The van der Waals surface area contributed by atoms with Crippen molar-refractivity contribution in [2.24, 2.45) is 0 Å². The number of aryl methyl sites for hydroxylation is 1. The zero-order valence-electron chi connectivity index (χ0n) is 15.5. The first-order valence-electron chi connectivity index (χ1n) is 8.60. The third-order valence-electron chi connectivity index (χ3n) is 3.92. The van der Waals surface area contributed by atoms with Crippen molar-refractivity contribution in [3.63, 3.8) is 0 Å². The quantitative estimate of drug-likeness (QED) is 0.364. The molecule has 0 spiro atoms. The van der Waals surface area contributed by atoms with Crippen molar-refractivity contribution in [3.05, 3.63) is 82.0 Å². The van der Waals surface area contributed by atoms with Crippen molar-refractivity contribution in [3.8, 4) is 5.69 Å². The van der Waals surface area contributed by atoms with Crippen LogP contribution in [0, 0.1) is 12.7 Å². The second-order valence-electron chi connectivity index (χ2n) is 6.21. The molecule has 0 aliphatic carbocycles. The zero-order valence-corrected chi connectivity index (χ0v) is 16.4. The highest BCUT2D eigenvalue weighted by molar-refractivity contribution is 7.99. The fourth-order valence-corrected chi connectivity index (χ4v) is 3.52. The SMILES string of the molecule is Cc1cc(=O)n(-c2ccccc2)c(SCC(=O)Nc2ccc(F)cc2C(F)(F)F)n1. The first-order chi connectivity index (χ1) is 14.1. The number of amides is 1. The summed E-state index contributed by atoms with van der Waals surface area (Å²) in [6, 6.07) is 12.0. The molecule has 5 nitrogen and oxygen atoms in total. The maximum absolute atomic E-state index is 13.2. The molecule has 0 saturated heterocycles. The van der Waals surface area contributed by atoms with Gasteiger partial charge >= 0.3 is 6.18 Å². The van der Waals surface area contributed by atoms with Crippen LogP contribution in [0.4, 0.5) is 23.2 Å². The first kappa shape index (κ1) is 21.6. The van der Waals surface area contributed by atoms with Gasteiger partial charge in [-0.25, -0.2) is 9.37 Å². The van der Waals surface area contributed by atoms with E-state index < -0.39 is 29.2 Å². The molecule has 1 aromatic heterocycles. The van der Waals surface area contributed by atoms with E-state index in [1.165, 1.54) is 10.6 Å². The van der Waals surface area contributed by atoms with Crippen molar-refractivity contribution in [2.75, 3.05) is 11.1 Å². The monoisotopic (exact) mass is 437 g/mol. The third kappa shape index (κ3) is 5.07. The Morgan fingerprint density at radius 3 is 2.50 bits per heavy atom. The fourth-order valence-electron chi connectivity index (χ4n) is 2.66. The Morgan fingerprint density at radius 2 is 1.83 bits per heavy atom. The number of nitrogens with zero attached hydrogens (tertiary/aromatic N) is 2. The van der Waals surface area contributed by atoms with Gasteiger partial charge in [0.1, 0.15) is 5.82 Å². The number of para-hydroxylation sites is 1. The van der Waals surface area contributed by atoms with Gasteiger partial charge in [-0.2, -0.15) is 13.2 Å². The van der Waals surface area contributed by atoms with Crippen molar-refractivity contribution in [1.29, 1.82) is 0 Å². The normalized spacial score (nSPS) is 11.4. The predicted molar refractivity (Wildman–Crippen MR) is 105 cm³/mol. The average Bonchev–Trinajstić information content (AvgIpc) is 2.67. The highest BCUT2D eigenvalue weighted by Gasteiger charge is 2.34. The lowest BCUT2D eigenvalue weighted by Gasteiger charge is -2.14. The number of aromatic nitrogens is 2. The van der Waals surface area contributed by atoms with Crippen LogP contribution in [-0.2, 0) is 11.0 Å². The number of carbonyl (C=O) groups excluding carboxylic acids is 1. The molecule has 1 N–H and O–H groups in total. The summed E-state index contributed by atoms with van der Waals surface area (Å²) in [5, 5.41) is 2.36. The number of halogens is 4. The molecule has 3 rings (SSSR count). The molecule has 10 heteroatoms. The number of benzene rings is 2. The molecule has 2 aromatic carbocycles. The lowest BCUT2D eigenvalue weighted by molar-refractivity contribution is -0.137. The Hall–Kier alpha value is -3.14.